The zero-order chi connectivity index (χ0) is 20.8. The second-order valence-electron chi connectivity index (χ2n) is 8.10. The molecular weight excluding hydrogens is 350 g/mol. The number of imide groups is 1. The van der Waals surface area contributed by atoms with Crippen molar-refractivity contribution in [1.29, 1.82) is 0 Å². The average Bonchev–Trinajstić information content (AvgIpc) is 2.50. The monoisotopic (exact) mass is 379 g/mol. The lowest BCUT2D eigenvalue weighted by molar-refractivity contribution is -0.150. The summed E-state index contributed by atoms with van der Waals surface area (Å²) in [4.78, 5) is 38.1. The summed E-state index contributed by atoms with van der Waals surface area (Å²) < 4.78 is 15.7. The summed E-state index contributed by atoms with van der Waals surface area (Å²) in [5, 5.41) is 0. The van der Waals surface area contributed by atoms with Gasteiger partial charge in [-0.2, -0.15) is 4.90 Å². The first-order valence-electron chi connectivity index (χ1n) is 8.76. The van der Waals surface area contributed by atoms with Crippen LogP contribution in [0.5, 0.6) is 0 Å². The molecule has 0 N–H and O–H groups in total. The maximum Gasteiger partial charge on any atom is 0.420 e. The fourth-order valence-corrected chi connectivity index (χ4v) is 1.97. The number of hydrogen-bond donors (Lipinski definition) is 0. The largest absolute Gasteiger partial charge is 0.459 e. The molecule has 7 nitrogen and oxygen atoms in total. The van der Waals surface area contributed by atoms with Gasteiger partial charge < -0.3 is 14.2 Å². The van der Waals surface area contributed by atoms with Crippen LogP contribution >= 0.6 is 0 Å². The Balaban J connectivity index is 2.93. The van der Waals surface area contributed by atoms with Crippen molar-refractivity contribution in [3.63, 3.8) is 0 Å². The number of carbonyl (C=O) groups is 3. The Morgan fingerprint density at radius 2 is 1.33 bits per heavy atom. The molecule has 0 saturated heterocycles. The van der Waals surface area contributed by atoms with Crippen molar-refractivity contribution in [2.24, 2.45) is 0 Å². The summed E-state index contributed by atoms with van der Waals surface area (Å²) >= 11 is 0. The number of nitrogens with zero attached hydrogens (tertiary/aromatic N) is 1. The number of benzene rings is 1. The Kier molecular flexibility index (Phi) is 7.39. The van der Waals surface area contributed by atoms with E-state index in [9.17, 15) is 14.4 Å². The number of esters is 1. The second-order valence-corrected chi connectivity index (χ2v) is 8.10. The molecule has 0 aliphatic carbocycles. The van der Waals surface area contributed by atoms with Crippen molar-refractivity contribution in [2.75, 3.05) is 0 Å². The first-order valence-corrected chi connectivity index (χ1v) is 8.76. The molecule has 0 aliphatic heterocycles. The van der Waals surface area contributed by atoms with Gasteiger partial charge in [-0.25, -0.2) is 14.4 Å². The normalized spacial score (nSPS) is 12.7. The molecule has 7 heteroatoms. The highest BCUT2D eigenvalue weighted by Crippen LogP contribution is 2.17. The van der Waals surface area contributed by atoms with Gasteiger partial charge in [-0.15, -0.1) is 0 Å². The van der Waals surface area contributed by atoms with Gasteiger partial charge in [0, 0.05) is 0 Å². The standard InChI is InChI=1S/C20H29NO6/c1-14(16(22)25-13-15-11-9-8-10-12-15)21(17(23)26-19(2,3)4)18(24)27-20(5,6)7/h8-12,14H,13H2,1-7H3/t14-/m0/s1. The average molecular weight is 379 g/mol. The minimum Gasteiger partial charge on any atom is -0.459 e. The van der Waals surface area contributed by atoms with Crippen molar-refractivity contribution in [3.8, 4) is 0 Å². The molecular formula is C20H29NO6. The molecule has 0 aliphatic rings. The van der Waals surface area contributed by atoms with Crippen molar-refractivity contribution in [1.82, 2.24) is 4.90 Å². The summed E-state index contributed by atoms with van der Waals surface area (Å²) in [7, 11) is 0. The molecule has 2 amide bonds. The van der Waals surface area contributed by atoms with Crippen molar-refractivity contribution in [2.45, 2.75) is 72.3 Å². The van der Waals surface area contributed by atoms with Crippen molar-refractivity contribution in [3.05, 3.63) is 35.9 Å². The molecule has 0 fully saturated rings. The number of amides is 2. The van der Waals surface area contributed by atoms with E-state index in [4.69, 9.17) is 14.2 Å². The Bertz CT molecular complexity index is 629. The van der Waals surface area contributed by atoms with E-state index >= 15 is 0 Å². The lowest BCUT2D eigenvalue weighted by Crippen LogP contribution is -2.51. The van der Waals surface area contributed by atoms with E-state index in [0.717, 1.165) is 5.56 Å². The molecule has 27 heavy (non-hydrogen) atoms. The Morgan fingerprint density at radius 3 is 1.74 bits per heavy atom. The van der Waals surface area contributed by atoms with Crippen molar-refractivity contribution < 1.29 is 28.6 Å². The first-order chi connectivity index (χ1) is 12.3. The van der Waals surface area contributed by atoms with E-state index in [0.29, 0.717) is 4.90 Å². The molecule has 1 rings (SSSR count). The van der Waals surface area contributed by atoms with E-state index < -0.39 is 35.4 Å². The SMILES string of the molecule is C[C@@H](C(=O)OCc1ccccc1)N(C(=O)OC(C)(C)C)C(=O)OC(C)(C)C. The Morgan fingerprint density at radius 1 is 0.889 bits per heavy atom. The molecule has 1 atom stereocenters. The van der Waals surface area contributed by atoms with Crippen LogP contribution in [0.3, 0.4) is 0 Å². The lowest BCUT2D eigenvalue weighted by Gasteiger charge is -2.31. The van der Waals surface area contributed by atoms with E-state index in [1.54, 1.807) is 53.7 Å². The first kappa shape index (κ1) is 22.5. The third-order valence-corrected chi connectivity index (χ3v) is 3.13. The predicted octanol–water partition coefficient (Wildman–Crippen LogP) is 4.29. The molecule has 0 unspecified atom stereocenters. The topological polar surface area (TPSA) is 82.1 Å². The smallest absolute Gasteiger partial charge is 0.420 e. The highest BCUT2D eigenvalue weighted by Gasteiger charge is 2.38. The fraction of sp³-hybridized carbons (Fsp3) is 0.550. The van der Waals surface area contributed by atoms with Gasteiger partial charge in [0.05, 0.1) is 0 Å². The molecule has 0 aromatic heterocycles. The minimum absolute atomic E-state index is 0.0283. The molecule has 0 bridgehead atoms. The van der Waals surface area contributed by atoms with Crippen LogP contribution in [0.2, 0.25) is 0 Å². The summed E-state index contributed by atoms with van der Waals surface area (Å²) in [6, 6.07) is 7.88. The van der Waals surface area contributed by atoms with Gasteiger partial charge in [0.1, 0.15) is 23.9 Å². The number of ether oxygens (including phenoxy) is 3. The second kappa shape index (κ2) is 8.88. The fourth-order valence-electron chi connectivity index (χ4n) is 1.97. The number of carbonyl (C=O) groups excluding carboxylic acids is 3. The van der Waals surface area contributed by atoms with Crippen LogP contribution in [0.4, 0.5) is 9.59 Å². The van der Waals surface area contributed by atoms with Gasteiger partial charge in [-0.3, -0.25) is 0 Å². The van der Waals surface area contributed by atoms with E-state index in [-0.39, 0.29) is 6.61 Å². The van der Waals surface area contributed by atoms with Crippen molar-refractivity contribution >= 4 is 18.2 Å². The maximum absolute atomic E-state index is 12.5. The van der Waals surface area contributed by atoms with Crippen LogP contribution in [0.1, 0.15) is 54.0 Å². The Labute approximate surface area is 160 Å². The van der Waals surface area contributed by atoms with Gasteiger partial charge in [-0.1, -0.05) is 30.3 Å². The van der Waals surface area contributed by atoms with Crippen LogP contribution in [0, 0.1) is 0 Å². The molecule has 150 valence electrons. The van der Waals surface area contributed by atoms with Crippen LogP contribution in [-0.4, -0.2) is 40.3 Å². The zero-order valence-electron chi connectivity index (χ0n) is 17.1. The third-order valence-electron chi connectivity index (χ3n) is 3.13. The van der Waals surface area contributed by atoms with Gasteiger partial charge in [0.2, 0.25) is 0 Å². The number of hydrogen-bond acceptors (Lipinski definition) is 6. The van der Waals surface area contributed by atoms with E-state index in [2.05, 4.69) is 0 Å². The molecule has 0 spiro atoms. The van der Waals surface area contributed by atoms with Gasteiger partial charge in [-0.05, 0) is 54.0 Å². The summed E-state index contributed by atoms with van der Waals surface area (Å²) in [6.45, 7) is 11.4. The summed E-state index contributed by atoms with van der Waals surface area (Å²) in [5.74, 6) is -0.740. The molecule has 0 saturated carbocycles. The third kappa shape index (κ3) is 8.11. The molecule has 0 heterocycles. The van der Waals surface area contributed by atoms with Crippen LogP contribution < -0.4 is 0 Å². The van der Waals surface area contributed by atoms with Gasteiger partial charge >= 0.3 is 18.2 Å². The van der Waals surface area contributed by atoms with Gasteiger partial charge in [0.25, 0.3) is 0 Å². The zero-order valence-corrected chi connectivity index (χ0v) is 17.1. The summed E-state index contributed by atoms with van der Waals surface area (Å²) in [6.07, 6.45) is -1.94. The maximum atomic E-state index is 12.5. The van der Waals surface area contributed by atoms with Gasteiger partial charge in [0.15, 0.2) is 0 Å². The van der Waals surface area contributed by atoms with E-state index in [1.165, 1.54) is 6.92 Å². The molecule has 0 radical (unpaired) electrons. The molecule has 1 aromatic carbocycles. The summed E-state index contributed by atoms with van der Waals surface area (Å²) in [5.41, 5.74) is -0.894. The van der Waals surface area contributed by atoms with Crippen LogP contribution in [0.25, 0.3) is 0 Å². The number of rotatable bonds is 4. The van der Waals surface area contributed by atoms with Crippen LogP contribution in [0.15, 0.2) is 30.3 Å². The van der Waals surface area contributed by atoms with E-state index in [1.807, 2.05) is 18.2 Å². The quantitative estimate of drug-likeness (QED) is 0.573. The predicted molar refractivity (Wildman–Crippen MR) is 100 cm³/mol. The highest BCUT2D eigenvalue weighted by molar-refractivity contribution is 5.93. The lowest BCUT2D eigenvalue weighted by atomic mass is 10.2. The van der Waals surface area contributed by atoms with Crippen LogP contribution in [-0.2, 0) is 25.6 Å². The Hall–Kier alpha value is -2.57. The molecule has 1 aromatic rings. The minimum atomic E-state index is -1.21. The highest BCUT2D eigenvalue weighted by atomic mass is 16.6.